The maximum Gasteiger partial charge on any atom is 0.336 e. The molecule has 0 aliphatic carbocycles. The minimum Gasteiger partial charge on any atom is -0.478 e. The van der Waals surface area contributed by atoms with Crippen LogP contribution in [0.3, 0.4) is 0 Å². The van der Waals surface area contributed by atoms with Crippen molar-refractivity contribution < 1.29 is 19.6 Å². The predicted molar refractivity (Wildman–Crippen MR) is 67.8 cm³/mol. The molecule has 0 aromatic heterocycles. The fraction of sp³-hybridized carbons (Fsp3) is 0.167. The largest absolute Gasteiger partial charge is 0.478 e. The van der Waals surface area contributed by atoms with Gasteiger partial charge in [-0.05, 0) is 12.1 Å². The Kier molecular flexibility index (Phi) is 4.76. The molecule has 1 amide bonds. The van der Waals surface area contributed by atoms with Crippen LogP contribution in [-0.2, 0) is 4.79 Å². The summed E-state index contributed by atoms with van der Waals surface area (Å²) in [5, 5.41) is 22.3. The Morgan fingerprint density at radius 2 is 2.16 bits per heavy atom. The van der Waals surface area contributed by atoms with E-state index in [-0.39, 0.29) is 29.3 Å². The van der Waals surface area contributed by atoms with Crippen molar-refractivity contribution in [1.82, 2.24) is 5.32 Å². The molecule has 0 saturated carbocycles. The van der Waals surface area contributed by atoms with Gasteiger partial charge in [0.05, 0.1) is 16.1 Å². The Morgan fingerprint density at radius 1 is 1.47 bits per heavy atom. The summed E-state index contributed by atoms with van der Waals surface area (Å²) < 4.78 is 0. The maximum absolute atomic E-state index is 11.0. The highest BCUT2D eigenvalue weighted by Gasteiger charge is 2.18. The minimum absolute atomic E-state index is 0.00496. The fourth-order valence-corrected chi connectivity index (χ4v) is 1.45. The first-order valence-electron chi connectivity index (χ1n) is 5.35. The van der Waals surface area contributed by atoms with Crippen molar-refractivity contribution >= 4 is 23.6 Å². The van der Waals surface area contributed by atoms with Crippen LogP contribution < -0.4 is 5.32 Å². The minimum atomic E-state index is -1.25. The van der Waals surface area contributed by atoms with Gasteiger partial charge >= 0.3 is 5.97 Å². The zero-order valence-electron chi connectivity index (χ0n) is 10.1. The van der Waals surface area contributed by atoms with Crippen molar-refractivity contribution in [2.45, 2.75) is 6.92 Å². The van der Waals surface area contributed by atoms with Crippen LogP contribution in [0.1, 0.15) is 22.8 Å². The van der Waals surface area contributed by atoms with E-state index in [1.807, 2.05) is 0 Å². The summed E-state index contributed by atoms with van der Waals surface area (Å²) in [7, 11) is 0. The number of rotatable bonds is 5. The van der Waals surface area contributed by atoms with Crippen LogP contribution >= 0.6 is 0 Å². The molecule has 7 heteroatoms. The van der Waals surface area contributed by atoms with Gasteiger partial charge < -0.3 is 10.4 Å². The summed E-state index contributed by atoms with van der Waals surface area (Å²) in [6, 6.07) is 3.82. The van der Waals surface area contributed by atoms with Crippen LogP contribution in [0.4, 0.5) is 5.69 Å². The van der Waals surface area contributed by atoms with E-state index in [0.717, 1.165) is 0 Å². The second kappa shape index (κ2) is 6.29. The third-order valence-corrected chi connectivity index (χ3v) is 2.26. The SMILES string of the molecule is CC(=O)NCC=Cc1c(C(=O)O)cccc1[N+](=O)[O-]. The van der Waals surface area contributed by atoms with Gasteiger partial charge in [0.2, 0.25) is 5.91 Å². The number of hydrogen-bond donors (Lipinski definition) is 2. The van der Waals surface area contributed by atoms with Gasteiger partial charge in [0.1, 0.15) is 0 Å². The second-order valence-corrected chi connectivity index (χ2v) is 3.64. The maximum atomic E-state index is 11.0. The molecule has 0 aliphatic rings. The summed E-state index contributed by atoms with van der Waals surface area (Å²) in [5.74, 6) is -1.49. The average Bonchev–Trinajstić information content (AvgIpc) is 2.33. The molecular weight excluding hydrogens is 252 g/mol. The van der Waals surface area contributed by atoms with Gasteiger partial charge in [-0.1, -0.05) is 12.1 Å². The number of hydrogen-bond acceptors (Lipinski definition) is 4. The number of carboxylic acid groups (broad SMARTS) is 1. The van der Waals surface area contributed by atoms with E-state index in [0.29, 0.717) is 0 Å². The Balaban J connectivity index is 3.11. The van der Waals surface area contributed by atoms with Gasteiger partial charge in [0.15, 0.2) is 0 Å². The zero-order valence-corrected chi connectivity index (χ0v) is 10.1. The lowest BCUT2D eigenvalue weighted by atomic mass is 10.0. The molecule has 0 radical (unpaired) electrons. The molecule has 7 nitrogen and oxygen atoms in total. The summed E-state index contributed by atoms with van der Waals surface area (Å²) in [5.41, 5.74) is -0.447. The molecule has 0 saturated heterocycles. The van der Waals surface area contributed by atoms with E-state index in [9.17, 15) is 19.7 Å². The number of benzene rings is 1. The van der Waals surface area contributed by atoms with Gasteiger partial charge in [-0.2, -0.15) is 0 Å². The molecule has 2 N–H and O–H groups in total. The van der Waals surface area contributed by atoms with Crippen LogP contribution in [0, 0.1) is 10.1 Å². The van der Waals surface area contributed by atoms with Crippen LogP contribution in [-0.4, -0.2) is 28.5 Å². The van der Waals surface area contributed by atoms with Crippen LogP contribution in [0.2, 0.25) is 0 Å². The molecule has 0 fully saturated rings. The lowest BCUT2D eigenvalue weighted by molar-refractivity contribution is -0.385. The van der Waals surface area contributed by atoms with Crippen LogP contribution in [0.5, 0.6) is 0 Å². The Morgan fingerprint density at radius 3 is 2.68 bits per heavy atom. The van der Waals surface area contributed by atoms with Crippen LogP contribution in [0.25, 0.3) is 6.08 Å². The molecule has 0 spiro atoms. The highest BCUT2D eigenvalue weighted by molar-refractivity contribution is 5.94. The molecule has 0 atom stereocenters. The molecule has 0 aliphatic heterocycles. The highest BCUT2D eigenvalue weighted by Crippen LogP contribution is 2.23. The number of nitrogens with zero attached hydrogens (tertiary/aromatic N) is 1. The summed E-state index contributed by atoms with van der Waals surface area (Å²) in [6.07, 6.45) is 2.77. The predicted octanol–water partition coefficient (Wildman–Crippen LogP) is 1.44. The zero-order chi connectivity index (χ0) is 14.4. The average molecular weight is 264 g/mol. The van der Waals surface area contributed by atoms with Crippen molar-refractivity contribution in [3.63, 3.8) is 0 Å². The lowest BCUT2D eigenvalue weighted by Crippen LogP contribution is -2.19. The number of carboxylic acids is 1. The number of nitrogens with one attached hydrogen (secondary N) is 1. The molecule has 1 aromatic carbocycles. The van der Waals surface area contributed by atoms with E-state index >= 15 is 0 Å². The molecule has 0 bridgehead atoms. The normalized spacial score (nSPS) is 10.4. The van der Waals surface area contributed by atoms with Crippen molar-refractivity contribution in [3.05, 3.63) is 45.5 Å². The molecule has 1 aromatic rings. The number of nitro benzene ring substituents is 1. The number of carbonyl (C=O) groups excluding carboxylic acids is 1. The molecule has 0 unspecified atom stereocenters. The Hall–Kier alpha value is -2.70. The molecule has 19 heavy (non-hydrogen) atoms. The number of carbonyl (C=O) groups is 2. The standard InChI is InChI=1S/C12H12N2O5/c1-8(15)13-7-3-5-9-10(12(16)17)4-2-6-11(9)14(18)19/h2-6H,7H2,1H3,(H,13,15)(H,16,17). The Bertz CT molecular complexity index is 519. The van der Waals surface area contributed by atoms with E-state index in [4.69, 9.17) is 5.11 Å². The van der Waals surface area contributed by atoms with Crippen LogP contribution in [0.15, 0.2) is 24.3 Å². The molecule has 1 rings (SSSR count). The van der Waals surface area contributed by atoms with Crippen molar-refractivity contribution in [2.24, 2.45) is 0 Å². The first-order chi connectivity index (χ1) is 8.93. The smallest absolute Gasteiger partial charge is 0.336 e. The topological polar surface area (TPSA) is 110 Å². The van der Waals surface area contributed by atoms with E-state index < -0.39 is 10.9 Å². The monoisotopic (exact) mass is 264 g/mol. The third-order valence-electron chi connectivity index (χ3n) is 2.26. The first-order valence-corrected chi connectivity index (χ1v) is 5.35. The first kappa shape index (κ1) is 14.4. The Labute approximate surface area is 108 Å². The van der Waals surface area contributed by atoms with Gasteiger partial charge in [-0.3, -0.25) is 14.9 Å². The lowest BCUT2D eigenvalue weighted by Gasteiger charge is -2.02. The summed E-state index contributed by atoms with van der Waals surface area (Å²) >= 11 is 0. The van der Waals surface area contributed by atoms with Crippen molar-refractivity contribution in [1.29, 1.82) is 0 Å². The van der Waals surface area contributed by atoms with Crippen molar-refractivity contribution in [3.8, 4) is 0 Å². The van der Waals surface area contributed by atoms with E-state index in [2.05, 4.69) is 5.32 Å². The molecule has 0 heterocycles. The van der Waals surface area contributed by atoms with E-state index in [1.54, 1.807) is 0 Å². The summed E-state index contributed by atoms with van der Waals surface area (Å²) in [4.78, 5) is 31.9. The quantitative estimate of drug-likeness (QED) is 0.617. The third kappa shape index (κ3) is 3.91. The second-order valence-electron chi connectivity index (χ2n) is 3.64. The number of nitro groups is 1. The van der Waals surface area contributed by atoms with Gasteiger partial charge in [-0.15, -0.1) is 0 Å². The highest BCUT2D eigenvalue weighted by atomic mass is 16.6. The van der Waals surface area contributed by atoms with Crippen molar-refractivity contribution in [2.75, 3.05) is 6.54 Å². The molecule has 100 valence electrons. The van der Waals surface area contributed by atoms with Gasteiger partial charge in [0.25, 0.3) is 5.69 Å². The summed E-state index contributed by atoms with van der Waals surface area (Å²) in [6.45, 7) is 1.50. The molecular formula is C12H12N2O5. The fourth-order valence-electron chi connectivity index (χ4n) is 1.45. The van der Waals surface area contributed by atoms with Gasteiger partial charge in [-0.25, -0.2) is 4.79 Å². The van der Waals surface area contributed by atoms with E-state index in [1.165, 1.54) is 37.3 Å². The van der Waals surface area contributed by atoms with Gasteiger partial charge in [0, 0.05) is 19.5 Å². The number of aromatic carboxylic acids is 1. The number of amides is 1.